The summed E-state index contributed by atoms with van der Waals surface area (Å²) in [5, 5.41) is 20.2. The summed E-state index contributed by atoms with van der Waals surface area (Å²) in [6.07, 6.45) is 0.903. The van der Waals surface area contributed by atoms with E-state index in [0.29, 0.717) is 6.54 Å². The molecule has 2 rings (SSSR count). The molecule has 0 aliphatic rings. The lowest BCUT2D eigenvalue weighted by Crippen LogP contribution is -2.21. The summed E-state index contributed by atoms with van der Waals surface area (Å²) in [5.41, 5.74) is 2.16. The summed E-state index contributed by atoms with van der Waals surface area (Å²) in [4.78, 5) is 0. The molecule has 0 spiro atoms. The first-order valence-corrected chi connectivity index (χ1v) is 5.15. The molecule has 4 nitrogen and oxygen atoms in total. The van der Waals surface area contributed by atoms with Gasteiger partial charge in [-0.2, -0.15) is 5.10 Å². The Morgan fingerprint density at radius 1 is 1.27 bits per heavy atom. The van der Waals surface area contributed by atoms with Crippen LogP contribution >= 0.6 is 0 Å². The number of fused-ring (bicyclic) bond motifs is 1. The lowest BCUT2D eigenvalue weighted by atomic mass is 10.2. The van der Waals surface area contributed by atoms with Gasteiger partial charge in [-0.15, -0.1) is 0 Å². The fourth-order valence-corrected chi connectivity index (χ4v) is 1.62. The molecule has 15 heavy (non-hydrogen) atoms. The summed E-state index contributed by atoms with van der Waals surface area (Å²) in [5.74, 6) is 0. The molecule has 0 fully saturated rings. The fraction of sp³-hybridized carbons (Fsp3) is 0.364. The number of hydrogen-bond donors (Lipinski definition) is 3. The minimum atomic E-state index is 0.184. The van der Waals surface area contributed by atoms with Crippen molar-refractivity contribution in [1.82, 2.24) is 15.5 Å². The van der Waals surface area contributed by atoms with Crippen molar-refractivity contribution in [3.8, 4) is 0 Å². The maximum atomic E-state index is 8.61. The number of nitrogens with one attached hydrogen (secondary N) is 2. The molecule has 0 radical (unpaired) electrons. The molecular weight excluding hydrogens is 190 g/mol. The summed E-state index contributed by atoms with van der Waals surface area (Å²) in [6, 6.07) is 8.07. The first-order chi connectivity index (χ1) is 7.42. The molecule has 0 aliphatic heterocycles. The van der Waals surface area contributed by atoms with Gasteiger partial charge in [-0.3, -0.25) is 5.10 Å². The number of aromatic nitrogens is 2. The summed E-state index contributed by atoms with van der Waals surface area (Å²) >= 11 is 0. The monoisotopic (exact) mass is 205 g/mol. The van der Waals surface area contributed by atoms with Crippen molar-refractivity contribution < 1.29 is 5.11 Å². The van der Waals surface area contributed by atoms with E-state index < -0.39 is 0 Å². The SMILES string of the molecule is OCCNCCc1[nH]nc2ccccc12. The van der Waals surface area contributed by atoms with Gasteiger partial charge in [0, 0.05) is 30.6 Å². The second kappa shape index (κ2) is 4.91. The molecule has 3 N–H and O–H groups in total. The van der Waals surface area contributed by atoms with Gasteiger partial charge in [-0.1, -0.05) is 18.2 Å². The van der Waals surface area contributed by atoms with Gasteiger partial charge in [-0.25, -0.2) is 0 Å². The highest BCUT2D eigenvalue weighted by atomic mass is 16.3. The quantitative estimate of drug-likeness (QED) is 0.629. The third-order valence-electron chi connectivity index (χ3n) is 2.38. The molecule has 1 heterocycles. The number of aliphatic hydroxyl groups is 1. The van der Waals surface area contributed by atoms with Gasteiger partial charge in [0.25, 0.3) is 0 Å². The molecule has 0 aliphatic carbocycles. The van der Waals surface area contributed by atoms with Crippen LogP contribution in [-0.2, 0) is 6.42 Å². The number of aliphatic hydroxyl groups excluding tert-OH is 1. The molecular formula is C11H15N3O. The molecule has 0 saturated carbocycles. The van der Waals surface area contributed by atoms with Gasteiger partial charge in [0.15, 0.2) is 0 Å². The van der Waals surface area contributed by atoms with Crippen LogP contribution in [0.5, 0.6) is 0 Å². The van der Waals surface area contributed by atoms with E-state index in [4.69, 9.17) is 5.11 Å². The first-order valence-electron chi connectivity index (χ1n) is 5.15. The Labute approximate surface area is 88.3 Å². The maximum Gasteiger partial charge on any atom is 0.0923 e. The largest absolute Gasteiger partial charge is 0.395 e. The minimum Gasteiger partial charge on any atom is -0.395 e. The average molecular weight is 205 g/mol. The highest BCUT2D eigenvalue weighted by molar-refractivity contribution is 5.81. The smallest absolute Gasteiger partial charge is 0.0923 e. The lowest BCUT2D eigenvalue weighted by Gasteiger charge is -2.00. The predicted octanol–water partition coefficient (Wildman–Crippen LogP) is 0.687. The van der Waals surface area contributed by atoms with Crippen molar-refractivity contribution in [3.05, 3.63) is 30.0 Å². The standard InChI is InChI=1S/C11H15N3O/c15-8-7-12-6-5-11-9-3-1-2-4-10(9)13-14-11/h1-4,12,15H,5-8H2,(H,13,14). The van der Waals surface area contributed by atoms with E-state index in [1.165, 1.54) is 5.39 Å². The Hall–Kier alpha value is -1.39. The topological polar surface area (TPSA) is 60.9 Å². The van der Waals surface area contributed by atoms with Crippen molar-refractivity contribution in [1.29, 1.82) is 0 Å². The van der Waals surface area contributed by atoms with Crippen LogP contribution in [0.4, 0.5) is 0 Å². The van der Waals surface area contributed by atoms with Crippen LogP contribution in [0, 0.1) is 0 Å². The van der Waals surface area contributed by atoms with E-state index in [1.807, 2.05) is 18.2 Å². The summed E-state index contributed by atoms with van der Waals surface area (Å²) < 4.78 is 0. The average Bonchev–Trinajstić information content (AvgIpc) is 2.68. The number of rotatable bonds is 5. The molecule has 0 saturated heterocycles. The van der Waals surface area contributed by atoms with Crippen LogP contribution in [-0.4, -0.2) is 35.0 Å². The molecule has 1 aromatic carbocycles. The second-order valence-corrected chi connectivity index (χ2v) is 3.44. The predicted molar refractivity (Wildman–Crippen MR) is 59.8 cm³/mol. The zero-order chi connectivity index (χ0) is 10.5. The zero-order valence-corrected chi connectivity index (χ0v) is 8.53. The number of hydrogen-bond acceptors (Lipinski definition) is 3. The Balaban J connectivity index is 2.02. The van der Waals surface area contributed by atoms with Gasteiger partial charge in [0.2, 0.25) is 0 Å². The molecule has 0 unspecified atom stereocenters. The van der Waals surface area contributed by atoms with E-state index in [-0.39, 0.29) is 6.61 Å². The van der Waals surface area contributed by atoms with E-state index in [0.717, 1.165) is 24.2 Å². The van der Waals surface area contributed by atoms with Crippen molar-refractivity contribution in [2.24, 2.45) is 0 Å². The third kappa shape index (κ3) is 2.34. The van der Waals surface area contributed by atoms with Crippen LogP contribution in [0.3, 0.4) is 0 Å². The van der Waals surface area contributed by atoms with E-state index in [9.17, 15) is 0 Å². The third-order valence-corrected chi connectivity index (χ3v) is 2.38. The Morgan fingerprint density at radius 2 is 2.13 bits per heavy atom. The van der Waals surface area contributed by atoms with Crippen LogP contribution < -0.4 is 5.32 Å². The van der Waals surface area contributed by atoms with Gasteiger partial charge < -0.3 is 10.4 Å². The second-order valence-electron chi connectivity index (χ2n) is 3.44. The number of benzene rings is 1. The maximum absolute atomic E-state index is 8.61. The number of H-pyrrole nitrogens is 1. The number of aromatic amines is 1. The van der Waals surface area contributed by atoms with E-state index in [1.54, 1.807) is 0 Å². The van der Waals surface area contributed by atoms with Crippen molar-refractivity contribution >= 4 is 10.9 Å². The van der Waals surface area contributed by atoms with Crippen molar-refractivity contribution in [2.45, 2.75) is 6.42 Å². The molecule has 0 bridgehead atoms. The molecule has 0 atom stereocenters. The summed E-state index contributed by atoms with van der Waals surface area (Å²) in [7, 11) is 0. The fourth-order valence-electron chi connectivity index (χ4n) is 1.62. The lowest BCUT2D eigenvalue weighted by molar-refractivity contribution is 0.292. The highest BCUT2D eigenvalue weighted by Gasteiger charge is 2.02. The van der Waals surface area contributed by atoms with E-state index in [2.05, 4.69) is 21.6 Å². The summed E-state index contributed by atoms with van der Waals surface area (Å²) in [6.45, 7) is 1.68. The molecule has 80 valence electrons. The number of para-hydroxylation sites is 1. The van der Waals surface area contributed by atoms with Gasteiger partial charge in [0.1, 0.15) is 0 Å². The highest BCUT2D eigenvalue weighted by Crippen LogP contribution is 2.14. The Morgan fingerprint density at radius 3 is 3.00 bits per heavy atom. The Kier molecular flexibility index (Phi) is 3.32. The van der Waals surface area contributed by atoms with Gasteiger partial charge in [0.05, 0.1) is 12.1 Å². The molecule has 1 aromatic heterocycles. The van der Waals surface area contributed by atoms with Crippen LogP contribution in [0.15, 0.2) is 24.3 Å². The molecule has 4 heteroatoms. The van der Waals surface area contributed by atoms with Gasteiger partial charge >= 0.3 is 0 Å². The van der Waals surface area contributed by atoms with Crippen molar-refractivity contribution in [2.75, 3.05) is 19.7 Å². The van der Waals surface area contributed by atoms with E-state index >= 15 is 0 Å². The van der Waals surface area contributed by atoms with Gasteiger partial charge in [-0.05, 0) is 6.07 Å². The normalized spacial score (nSPS) is 11.0. The van der Waals surface area contributed by atoms with Crippen LogP contribution in [0.25, 0.3) is 10.9 Å². The first kappa shape index (κ1) is 10.1. The molecule has 0 amide bonds. The minimum absolute atomic E-state index is 0.184. The molecule has 2 aromatic rings. The number of nitrogens with zero attached hydrogens (tertiary/aromatic N) is 1. The van der Waals surface area contributed by atoms with Crippen molar-refractivity contribution in [3.63, 3.8) is 0 Å². The Bertz CT molecular complexity index is 424. The van der Waals surface area contributed by atoms with Crippen LogP contribution in [0.2, 0.25) is 0 Å². The van der Waals surface area contributed by atoms with Crippen LogP contribution in [0.1, 0.15) is 5.69 Å². The zero-order valence-electron chi connectivity index (χ0n) is 8.53.